The van der Waals surface area contributed by atoms with Gasteiger partial charge in [0.25, 0.3) is 10.0 Å². The summed E-state index contributed by atoms with van der Waals surface area (Å²) in [5.74, 6) is 0.758. The van der Waals surface area contributed by atoms with Crippen LogP contribution in [-0.2, 0) is 10.0 Å². The van der Waals surface area contributed by atoms with Crippen LogP contribution in [-0.4, -0.2) is 29.7 Å². The van der Waals surface area contributed by atoms with Crippen molar-refractivity contribution in [3.05, 3.63) is 46.4 Å². The summed E-state index contributed by atoms with van der Waals surface area (Å²) in [5, 5.41) is 0.444. The highest BCUT2D eigenvalue weighted by atomic mass is 35.5. The molecule has 0 N–H and O–H groups in total. The molecule has 0 aliphatic rings. The van der Waals surface area contributed by atoms with Crippen molar-refractivity contribution in [2.75, 3.05) is 25.6 Å². The van der Waals surface area contributed by atoms with Gasteiger partial charge in [0, 0.05) is 13.1 Å². The Balaban J connectivity index is 2.51. The fourth-order valence-electron chi connectivity index (χ4n) is 2.00. The molecule has 124 valence electrons. The molecule has 0 saturated carbocycles. The molecule has 0 spiro atoms. The Bertz CT molecular complexity index is 824. The average molecular weight is 376 g/mol. The van der Waals surface area contributed by atoms with Gasteiger partial charge in [-0.05, 0) is 24.3 Å². The normalized spacial score (nSPS) is 11.2. The molecule has 0 amide bonds. The van der Waals surface area contributed by atoms with Crippen LogP contribution in [0.4, 0.5) is 5.69 Å². The lowest BCUT2D eigenvalue weighted by Gasteiger charge is -2.21. The minimum Gasteiger partial charge on any atom is -0.493 e. The van der Waals surface area contributed by atoms with Gasteiger partial charge in [-0.2, -0.15) is 0 Å². The number of anilines is 1. The van der Waals surface area contributed by atoms with Crippen LogP contribution in [0.25, 0.3) is 0 Å². The van der Waals surface area contributed by atoms with Gasteiger partial charge in [-0.3, -0.25) is 4.31 Å². The second kappa shape index (κ2) is 6.86. The summed E-state index contributed by atoms with van der Waals surface area (Å²) in [5.41, 5.74) is 0.286. The van der Waals surface area contributed by atoms with Crippen LogP contribution in [0.3, 0.4) is 0 Å². The molecule has 0 aliphatic carbocycles. The zero-order valence-electron chi connectivity index (χ0n) is 12.7. The standard InChI is InChI=1S/C15H15Cl2NO4S/c1-18(12-6-4-5-11(16)15(12)17)23(19,20)10-7-8-13(21-2)14(9-10)22-3/h4-9H,1-3H3. The van der Waals surface area contributed by atoms with E-state index < -0.39 is 10.0 Å². The van der Waals surface area contributed by atoms with Gasteiger partial charge in [-0.1, -0.05) is 29.3 Å². The van der Waals surface area contributed by atoms with Crippen molar-refractivity contribution in [1.29, 1.82) is 0 Å². The number of hydrogen-bond acceptors (Lipinski definition) is 4. The lowest BCUT2D eigenvalue weighted by molar-refractivity contribution is 0.354. The van der Waals surface area contributed by atoms with E-state index in [2.05, 4.69) is 0 Å². The maximum absolute atomic E-state index is 12.8. The van der Waals surface area contributed by atoms with Gasteiger partial charge in [0.05, 0.1) is 34.8 Å². The Labute approximate surface area is 145 Å². The highest BCUT2D eigenvalue weighted by Gasteiger charge is 2.25. The highest BCUT2D eigenvalue weighted by Crippen LogP contribution is 2.36. The molecule has 8 heteroatoms. The van der Waals surface area contributed by atoms with E-state index in [4.69, 9.17) is 32.7 Å². The third-order valence-electron chi connectivity index (χ3n) is 3.28. The fraction of sp³-hybridized carbons (Fsp3) is 0.200. The first-order valence-corrected chi connectivity index (χ1v) is 8.67. The van der Waals surface area contributed by atoms with Crippen molar-refractivity contribution in [2.24, 2.45) is 0 Å². The van der Waals surface area contributed by atoms with Crippen LogP contribution < -0.4 is 13.8 Å². The van der Waals surface area contributed by atoms with Gasteiger partial charge in [0.1, 0.15) is 0 Å². The van der Waals surface area contributed by atoms with Gasteiger partial charge >= 0.3 is 0 Å². The van der Waals surface area contributed by atoms with E-state index in [0.717, 1.165) is 4.31 Å². The highest BCUT2D eigenvalue weighted by molar-refractivity contribution is 7.92. The molecular formula is C15H15Cl2NO4S. The predicted octanol–water partition coefficient (Wildman–Crippen LogP) is 3.84. The Hall–Kier alpha value is -1.63. The summed E-state index contributed by atoms with van der Waals surface area (Å²) in [6.45, 7) is 0. The van der Waals surface area contributed by atoms with Crippen LogP contribution in [0.15, 0.2) is 41.3 Å². The summed E-state index contributed by atoms with van der Waals surface area (Å²) in [4.78, 5) is 0.0497. The minimum atomic E-state index is -3.83. The van der Waals surface area contributed by atoms with Gasteiger partial charge in [-0.25, -0.2) is 8.42 Å². The third-order valence-corrected chi connectivity index (χ3v) is 5.86. The topological polar surface area (TPSA) is 55.8 Å². The van der Waals surface area contributed by atoms with E-state index in [-0.39, 0.29) is 20.6 Å². The predicted molar refractivity (Wildman–Crippen MR) is 91.6 cm³/mol. The number of halogens is 2. The maximum Gasteiger partial charge on any atom is 0.264 e. The van der Waals surface area contributed by atoms with Crippen molar-refractivity contribution in [3.8, 4) is 11.5 Å². The third kappa shape index (κ3) is 3.34. The molecule has 0 aliphatic heterocycles. The molecule has 0 aromatic heterocycles. The summed E-state index contributed by atoms with van der Waals surface area (Å²) in [7, 11) is 0.485. The molecule has 0 bridgehead atoms. The largest absolute Gasteiger partial charge is 0.493 e. The van der Waals surface area contributed by atoms with E-state index in [1.165, 1.54) is 39.5 Å². The lowest BCUT2D eigenvalue weighted by atomic mass is 10.3. The molecule has 2 rings (SSSR count). The summed E-state index contributed by atoms with van der Waals surface area (Å²) >= 11 is 12.1. The first-order chi connectivity index (χ1) is 10.8. The van der Waals surface area contributed by atoms with Gasteiger partial charge in [-0.15, -0.1) is 0 Å². The lowest BCUT2D eigenvalue weighted by Crippen LogP contribution is -2.26. The number of methoxy groups -OCH3 is 2. The van der Waals surface area contributed by atoms with E-state index >= 15 is 0 Å². The average Bonchev–Trinajstić information content (AvgIpc) is 2.55. The number of sulfonamides is 1. The zero-order valence-corrected chi connectivity index (χ0v) is 15.0. The van der Waals surface area contributed by atoms with Crippen molar-refractivity contribution in [2.45, 2.75) is 4.90 Å². The monoisotopic (exact) mass is 375 g/mol. The van der Waals surface area contributed by atoms with Crippen molar-refractivity contribution in [3.63, 3.8) is 0 Å². The summed E-state index contributed by atoms with van der Waals surface area (Å²) in [6.07, 6.45) is 0. The molecule has 0 saturated heterocycles. The van der Waals surface area contributed by atoms with E-state index in [1.807, 2.05) is 0 Å². The number of nitrogens with zero attached hydrogens (tertiary/aromatic N) is 1. The molecule has 0 heterocycles. The SMILES string of the molecule is COc1ccc(S(=O)(=O)N(C)c2cccc(Cl)c2Cl)cc1OC. The minimum absolute atomic E-state index is 0.0497. The smallest absolute Gasteiger partial charge is 0.264 e. The molecular weight excluding hydrogens is 361 g/mol. The molecule has 0 atom stereocenters. The first-order valence-electron chi connectivity index (χ1n) is 6.48. The molecule has 2 aromatic rings. The van der Waals surface area contributed by atoms with Crippen LogP contribution in [0, 0.1) is 0 Å². The maximum atomic E-state index is 12.8. The zero-order chi connectivity index (χ0) is 17.2. The Morgan fingerprint density at radius 2 is 1.65 bits per heavy atom. The van der Waals surface area contributed by atoms with E-state index in [9.17, 15) is 8.42 Å². The second-order valence-electron chi connectivity index (χ2n) is 4.56. The second-order valence-corrected chi connectivity index (χ2v) is 7.32. The molecule has 23 heavy (non-hydrogen) atoms. The Morgan fingerprint density at radius 1 is 1.00 bits per heavy atom. The first kappa shape index (κ1) is 17.7. The summed E-state index contributed by atoms with van der Waals surface area (Å²) in [6, 6.07) is 9.15. The Morgan fingerprint density at radius 3 is 2.26 bits per heavy atom. The quantitative estimate of drug-likeness (QED) is 0.796. The number of rotatable bonds is 5. The van der Waals surface area contributed by atoms with Crippen molar-refractivity contribution < 1.29 is 17.9 Å². The Kier molecular flexibility index (Phi) is 5.29. The van der Waals surface area contributed by atoms with Crippen LogP contribution in [0.1, 0.15) is 0 Å². The van der Waals surface area contributed by atoms with Crippen LogP contribution >= 0.6 is 23.2 Å². The molecule has 0 unspecified atom stereocenters. The van der Waals surface area contributed by atoms with Crippen LogP contribution in [0.5, 0.6) is 11.5 Å². The van der Waals surface area contributed by atoms with Crippen LogP contribution in [0.2, 0.25) is 10.0 Å². The van der Waals surface area contributed by atoms with Gasteiger partial charge in [0.2, 0.25) is 0 Å². The number of hydrogen-bond donors (Lipinski definition) is 0. The van der Waals surface area contributed by atoms with Crippen molar-refractivity contribution in [1.82, 2.24) is 0 Å². The molecule has 2 aromatic carbocycles. The fourth-order valence-corrected chi connectivity index (χ4v) is 3.70. The summed E-state index contributed by atoms with van der Waals surface area (Å²) < 4.78 is 36.9. The van der Waals surface area contributed by atoms with E-state index in [1.54, 1.807) is 18.2 Å². The molecule has 5 nitrogen and oxygen atoms in total. The number of ether oxygens (including phenoxy) is 2. The van der Waals surface area contributed by atoms with E-state index in [0.29, 0.717) is 11.5 Å². The molecule has 0 fully saturated rings. The van der Waals surface area contributed by atoms with Crippen molar-refractivity contribution >= 4 is 38.9 Å². The van der Waals surface area contributed by atoms with Gasteiger partial charge < -0.3 is 9.47 Å². The number of benzene rings is 2. The van der Waals surface area contributed by atoms with Gasteiger partial charge in [0.15, 0.2) is 11.5 Å². The molecule has 0 radical (unpaired) electrons.